The predicted molar refractivity (Wildman–Crippen MR) is 94.2 cm³/mol. The molecule has 0 saturated heterocycles. The maximum absolute atomic E-state index is 12.5. The van der Waals surface area contributed by atoms with Crippen LogP contribution >= 0.6 is 11.6 Å². The number of nitrogens with one attached hydrogen (secondary N) is 2. The van der Waals surface area contributed by atoms with Crippen molar-refractivity contribution in [1.29, 1.82) is 0 Å². The number of amides is 2. The minimum absolute atomic E-state index is 0.162. The van der Waals surface area contributed by atoms with Crippen molar-refractivity contribution in [3.63, 3.8) is 0 Å². The average molecular weight is 366 g/mol. The fraction of sp³-hybridized carbons (Fsp3) is 0.188. The molecule has 8 heteroatoms. The van der Waals surface area contributed by atoms with Crippen molar-refractivity contribution in [2.24, 2.45) is 0 Å². The maximum Gasteiger partial charge on any atom is 0.321 e. The maximum atomic E-state index is 12.5. The Bertz CT molecular complexity index is 882. The van der Waals surface area contributed by atoms with Gasteiger partial charge in [0, 0.05) is 30.0 Å². The van der Waals surface area contributed by atoms with Crippen LogP contribution in [0.2, 0.25) is 5.02 Å². The summed E-state index contributed by atoms with van der Waals surface area (Å²) < 4.78 is 27.6. The van der Waals surface area contributed by atoms with Gasteiger partial charge in [-0.15, -0.1) is 0 Å². The molecule has 0 aliphatic carbocycles. The number of urea groups is 1. The van der Waals surface area contributed by atoms with Crippen LogP contribution in [0, 0.1) is 0 Å². The van der Waals surface area contributed by atoms with Crippen molar-refractivity contribution in [1.82, 2.24) is 5.32 Å². The first-order valence-corrected chi connectivity index (χ1v) is 9.17. The number of halogens is 1. The van der Waals surface area contributed by atoms with Crippen LogP contribution in [0.25, 0.3) is 0 Å². The SMILES string of the molecule is CNC(=O)N1CCc2cc(S(=O)(=O)Nc3ccc(Cl)cc3)ccc21. The molecule has 126 valence electrons. The lowest BCUT2D eigenvalue weighted by molar-refractivity contribution is 0.248. The number of carbonyl (C=O) groups is 1. The molecule has 0 atom stereocenters. The number of benzene rings is 2. The number of hydrogen-bond acceptors (Lipinski definition) is 3. The van der Waals surface area contributed by atoms with Gasteiger partial charge in [0.2, 0.25) is 0 Å². The summed E-state index contributed by atoms with van der Waals surface area (Å²) in [4.78, 5) is 13.6. The Labute approximate surface area is 145 Å². The van der Waals surface area contributed by atoms with E-state index in [1.54, 1.807) is 48.3 Å². The van der Waals surface area contributed by atoms with E-state index in [-0.39, 0.29) is 10.9 Å². The third kappa shape index (κ3) is 3.18. The summed E-state index contributed by atoms with van der Waals surface area (Å²) in [5.74, 6) is 0. The third-order valence-corrected chi connectivity index (χ3v) is 5.44. The van der Waals surface area contributed by atoms with E-state index in [0.29, 0.717) is 23.7 Å². The van der Waals surface area contributed by atoms with Gasteiger partial charge in [0.1, 0.15) is 0 Å². The Hall–Kier alpha value is -2.25. The Morgan fingerprint density at radius 1 is 1.17 bits per heavy atom. The minimum Gasteiger partial charge on any atom is -0.341 e. The first kappa shape index (κ1) is 16.6. The second-order valence-corrected chi connectivity index (χ2v) is 7.48. The molecule has 0 spiro atoms. The Morgan fingerprint density at radius 3 is 2.54 bits per heavy atom. The van der Waals surface area contributed by atoms with Gasteiger partial charge in [0.05, 0.1) is 4.90 Å². The zero-order valence-electron chi connectivity index (χ0n) is 12.9. The molecule has 0 unspecified atom stereocenters. The fourth-order valence-electron chi connectivity index (χ4n) is 2.62. The molecule has 0 radical (unpaired) electrons. The van der Waals surface area contributed by atoms with Gasteiger partial charge < -0.3 is 5.32 Å². The van der Waals surface area contributed by atoms with E-state index in [2.05, 4.69) is 10.0 Å². The first-order chi connectivity index (χ1) is 11.4. The topological polar surface area (TPSA) is 78.5 Å². The van der Waals surface area contributed by atoms with E-state index in [1.165, 1.54) is 6.07 Å². The molecule has 0 bridgehead atoms. The van der Waals surface area contributed by atoms with Gasteiger partial charge in [-0.25, -0.2) is 13.2 Å². The standard InChI is InChI=1S/C16H16ClN3O3S/c1-18-16(21)20-9-8-11-10-14(6-7-15(11)20)24(22,23)19-13-4-2-12(17)3-5-13/h2-7,10,19H,8-9H2,1H3,(H,18,21). The molecular formula is C16H16ClN3O3S. The van der Waals surface area contributed by atoms with Gasteiger partial charge in [0.15, 0.2) is 0 Å². The summed E-state index contributed by atoms with van der Waals surface area (Å²) in [6, 6.07) is 11.0. The molecule has 3 rings (SSSR count). The predicted octanol–water partition coefficient (Wildman–Crippen LogP) is 2.84. The van der Waals surface area contributed by atoms with Crippen LogP contribution in [-0.4, -0.2) is 28.0 Å². The molecule has 0 aromatic heterocycles. The molecule has 2 aromatic carbocycles. The summed E-state index contributed by atoms with van der Waals surface area (Å²) >= 11 is 5.80. The molecule has 1 heterocycles. The van der Waals surface area contributed by atoms with Gasteiger partial charge in [-0.2, -0.15) is 0 Å². The molecule has 2 aromatic rings. The van der Waals surface area contributed by atoms with Crippen LogP contribution in [0.4, 0.5) is 16.2 Å². The van der Waals surface area contributed by atoms with Crippen molar-refractivity contribution in [2.75, 3.05) is 23.2 Å². The smallest absolute Gasteiger partial charge is 0.321 e. The molecule has 1 aliphatic rings. The van der Waals surface area contributed by atoms with Crippen LogP contribution < -0.4 is 14.9 Å². The quantitative estimate of drug-likeness (QED) is 0.877. The molecule has 2 amide bonds. The number of anilines is 2. The second-order valence-electron chi connectivity index (χ2n) is 5.36. The van der Waals surface area contributed by atoms with Crippen molar-refractivity contribution < 1.29 is 13.2 Å². The van der Waals surface area contributed by atoms with Gasteiger partial charge in [-0.3, -0.25) is 9.62 Å². The number of sulfonamides is 1. The summed E-state index contributed by atoms with van der Waals surface area (Å²) in [5, 5.41) is 3.11. The number of rotatable bonds is 3. The van der Waals surface area contributed by atoms with Crippen LogP contribution in [0.1, 0.15) is 5.56 Å². The van der Waals surface area contributed by atoms with Crippen LogP contribution in [0.15, 0.2) is 47.4 Å². The summed E-state index contributed by atoms with van der Waals surface area (Å²) in [6.45, 7) is 0.531. The highest BCUT2D eigenvalue weighted by atomic mass is 35.5. The van der Waals surface area contributed by atoms with Crippen molar-refractivity contribution in [3.8, 4) is 0 Å². The number of nitrogens with zero attached hydrogens (tertiary/aromatic N) is 1. The molecule has 0 saturated carbocycles. The monoisotopic (exact) mass is 365 g/mol. The van der Waals surface area contributed by atoms with E-state index < -0.39 is 10.0 Å². The van der Waals surface area contributed by atoms with Crippen molar-refractivity contribution in [2.45, 2.75) is 11.3 Å². The van der Waals surface area contributed by atoms with E-state index >= 15 is 0 Å². The van der Waals surface area contributed by atoms with E-state index in [9.17, 15) is 13.2 Å². The molecular weight excluding hydrogens is 350 g/mol. The third-order valence-electron chi connectivity index (χ3n) is 3.81. The normalized spacial score (nSPS) is 13.5. The zero-order chi connectivity index (χ0) is 17.3. The lowest BCUT2D eigenvalue weighted by Crippen LogP contribution is -2.36. The Balaban J connectivity index is 1.87. The number of carbonyl (C=O) groups excluding carboxylic acids is 1. The van der Waals surface area contributed by atoms with Crippen LogP contribution in [0.5, 0.6) is 0 Å². The average Bonchev–Trinajstić information content (AvgIpc) is 2.99. The van der Waals surface area contributed by atoms with Gasteiger partial charge in [-0.1, -0.05) is 11.6 Å². The highest BCUT2D eigenvalue weighted by Gasteiger charge is 2.26. The summed E-state index contributed by atoms with van der Waals surface area (Å²) in [6.07, 6.45) is 0.618. The van der Waals surface area contributed by atoms with Gasteiger partial charge in [0.25, 0.3) is 10.0 Å². The second kappa shape index (κ2) is 6.33. The minimum atomic E-state index is -3.70. The van der Waals surface area contributed by atoms with E-state index in [1.807, 2.05) is 0 Å². The zero-order valence-corrected chi connectivity index (χ0v) is 14.5. The van der Waals surface area contributed by atoms with Crippen LogP contribution in [0.3, 0.4) is 0 Å². The lowest BCUT2D eigenvalue weighted by atomic mass is 10.2. The Morgan fingerprint density at radius 2 is 1.88 bits per heavy atom. The molecule has 1 aliphatic heterocycles. The number of hydrogen-bond donors (Lipinski definition) is 2. The van der Waals surface area contributed by atoms with E-state index in [0.717, 1.165) is 11.3 Å². The molecule has 2 N–H and O–H groups in total. The number of fused-ring (bicyclic) bond motifs is 1. The summed E-state index contributed by atoms with van der Waals surface area (Å²) in [5.41, 5.74) is 2.00. The largest absolute Gasteiger partial charge is 0.341 e. The van der Waals surface area contributed by atoms with Crippen molar-refractivity contribution >= 4 is 39.0 Å². The lowest BCUT2D eigenvalue weighted by Gasteiger charge is -2.16. The van der Waals surface area contributed by atoms with E-state index in [4.69, 9.17) is 11.6 Å². The van der Waals surface area contributed by atoms with Crippen LogP contribution in [-0.2, 0) is 16.4 Å². The summed E-state index contributed by atoms with van der Waals surface area (Å²) in [7, 11) is -2.14. The molecule has 24 heavy (non-hydrogen) atoms. The fourth-order valence-corrected chi connectivity index (χ4v) is 3.86. The van der Waals surface area contributed by atoms with Crippen molar-refractivity contribution in [3.05, 3.63) is 53.1 Å². The van der Waals surface area contributed by atoms with Gasteiger partial charge in [-0.05, 0) is 54.4 Å². The first-order valence-electron chi connectivity index (χ1n) is 7.31. The highest BCUT2D eigenvalue weighted by Crippen LogP contribution is 2.30. The van der Waals surface area contributed by atoms with Gasteiger partial charge >= 0.3 is 6.03 Å². The molecule has 0 fully saturated rings. The highest BCUT2D eigenvalue weighted by molar-refractivity contribution is 7.92. The Kier molecular flexibility index (Phi) is 4.38. The molecule has 6 nitrogen and oxygen atoms in total.